The minimum Gasteiger partial charge on any atom is -0.326 e. The Bertz CT molecular complexity index is 701. The molecule has 0 radical (unpaired) electrons. The van der Waals surface area contributed by atoms with Crippen LogP contribution in [0.15, 0.2) is 58.4 Å². The summed E-state index contributed by atoms with van der Waals surface area (Å²) in [6, 6.07) is 14.5. The first kappa shape index (κ1) is 15.8. The van der Waals surface area contributed by atoms with E-state index < -0.39 is 0 Å². The number of hydrogen-bond donors (Lipinski definition) is 3. The first-order chi connectivity index (χ1) is 10.7. The maximum absolute atomic E-state index is 12.1. The number of carbonyl (C=O) groups excluding carboxylic acids is 2. The predicted octanol–water partition coefficient (Wildman–Crippen LogP) is 2.56. The number of para-hydroxylation sites is 1. The van der Waals surface area contributed by atoms with Crippen LogP contribution >= 0.6 is 12.6 Å². The van der Waals surface area contributed by atoms with Crippen molar-refractivity contribution in [1.82, 2.24) is 5.32 Å². The number of anilines is 1. The second-order valence-electron chi connectivity index (χ2n) is 4.45. The van der Waals surface area contributed by atoms with E-state index in [1.54, 1.807) is 18.2 Å². The van der Waals surface area contributed by atoms with Crippen molar-refractivity contribution in [2.24, 2.45) is 4.99 Å². The van der Waals surface area contributed by atoms with Gasteiger partial charge in [0.15, 0.2) is 0 Å². The summed E-state index contributed by atoms with van der Waals surface area (Å²) in [5.74, 6) is -0.148. The predicted molar refractivity (Wildman–Crippen MR) is 89.8 cm³/mol. The molecule has 6 heteroatoms. The lowest BCUT2D eigenvalue weighted by atomic mass is 10.1. The van der Waals surface area contributed by atoms with Gasteiger partial charge >= 0.3 is 0 Å². The van der Waals surface area contributed by atoms with Crippen LogP contribution in [0.1, 0.15) is 5.56 Å². The third-order valence-electron chi connectivity index (χ3n) is 2.82. The van der Waals surface area contributed by atoms with Crippen LogP contribution in [0.3, 0.4) is 0 Å². The van der Waals surface area contributed by atoms with Gasteiger partial charge in [0.1, 0.15) is 0 Å². The lowest BCUT2D eigenvalue weighted by molar-refractivity contribution is -0.115. The van der Waals surface area contributed by atoms with Gasteiger partial charge in [-0.25, -0.2) is 4.99 Å². The standard InChI is InChI=1S/C16H15N3O2S/c20-11-17-10-18-15-7-2-1-4-12(15)8-16(21)19-13-5-3-6-14(22)9-13/h1-7,9-11,22H,8H2,(H,19,21)(H,17,18,20). The number of carbonyl (C=O) groups is 2. The molecule has 0 aromatic heterocycles. The lowest BCUT2D eigenvalue weighted by Gasteiger charge is -2.07. The highest BCUT2D eigenvalue weighted by Crippen LogP contribution is 2.19. The molecule has 0 bridgehead atoms. The summed E-state index contributed by atoms with van der Waals surface area (Å²) in [4.78, 5) is 27.2. The fourth-order valence-corrected chi connectivity index (χ4v) is 2.11. The van der Waals surface area contributed by atoms with Crippen molar-refractivity contribution >= 4 is 42.7 Å². The fraction of sp³-hybridized carbons (Fsp3) is 0.0625. The molecule has 2 amide bonds. The van der Waals surface area contributed by atoms with Gasteiger partial charge in [-0.15, -0.1) is 12.6 Å². The van der Waals surface area contributed by atoms with E-state index in [-0.39, 0.29) is 12.3 Å². The first-order valence-electron chi connectivity index (χ1n) is 6.58. The third-order valence-corrected chi connectivity index (χ3v) is 3.10. The van der Waals surface area contributed by atoms with Crippen LogP contribution in [-0.4, -0.2) is 18.7 Å². The number of rotatable bonds is 6. The summed E-state index contributed by atoms with van der Waals surface area (Å²) in [5, 5.41) is 5.16. The summed E-state index contributed by atoms with van der Waals surface area (Å²) >= 11 is 4.23. The molecular formula is C16H15N3O2S. The zero-order valence-electron chi connectivity index (χ0n) is 11.7. The second kappa shape index (κ2) is 7.99. The van der Waals surface area contributed by atoms with Gasteiger partial charge in [-0.3, -0.25) is 9.59 Å². The highest BCUT2D eigenvalue weighted by Gasteiger charge is 2.07. The smallest absolute Gasteiger partial charge is 0.228 e. The molecule has 112 valence electrons. The van der Waals surface area contributed by atoms with E-state index in [1.807, 2.05) is 30.3 Å². The van der Waals surface area contributed by atoms with Gasteiger partial charge in [-0.05, 0) is 29.8 Å². The Balaban J connectivity index is 2.06. The molecule has 0 unspecified atom stereocenters. The molecular weight excluding hydrogens is 298 g/mol. The number of aliphatic imine (C=N–C) groups is 1. The highest BCUT2D eigenvalue weighted by atomic mass is 32.1. The van der Waals surface area contributed by atoms with Crippen LogP contribution in [0.4, 0.5) is 11.4 Å². The number of amides is 2. The molecule has 0 fully saturated rings. The maximum Gasteiger partial charge on any atom is 0.228 e. The van der Waals surface area contributed by atoms with Crippen LogP contribution in [-0.2, 0) is 16.0 Å². The molecule has 0 spiro atoms. The summed E-state index contributed by atoms with van der Waals surface area (Å²) in [5.41, 5.74) is 2.10. The third kappa shape index (κ3) is 4.75. The average molecular weight is 313 g/mol. The van der Waals surface area contributed by atoms with E-state index in [0.717, 1.165) is 10.5 Å². The number of nitrogens with one attached hydrogen (secondary N) is 2. The first-order valence-corrected chi connectivity index (χ1v) is 7.03. The minimum absolute atomic E-state index is 0.148. The monoisotopic (exact) mass is 313 g/mol. The SMILES string of the molecule is O=CNC=Nc1ccccc1CC(=O)Nc1cccc(S)c1. The van der Waals surface area contributed by atoms with Gasteiger partial charge in [0.05, 0.1) is 18.4 Å². The van der Waals surface area contributed by atoms with Crippen LogP contribution in [0.2, 0.25) is 0 Å². The van der Waals surface area contributed by atoms with Gasteiger partial charge in [-0.1, -0.05) is 24.3 Å². The van der Waals surface area contributed by atoms with Crippen molar-refractivity contribution in [3.8, 4) is 0 Å². The quantitative estimate of drug-likeness (QED) is 0.332. The molecule has 0 atom stereocenters. The van der Waals surface area contributed by atoms with Crippen LogP contribution in [0, 0.1) is 0 Å². The van der Waals surface area contributed by atoms with Crippen molar-refractivity contribution in [1.29, 1.82) is 0 Å². The van der Waals surface area contributed by atoms with Crippen molar-refractivity contribution in [3.63, 3.8) is 0 Å². The molecule has 2 rings (SSSR count). The van der Waals surface area contributed by atoms with E-state index in [0.29, 0.717) is 17.8 Å². The molecule has 2 aromatic carbocycles. The molecule has 5 nitrogen and oxygen atoms in total. The zero-order valence-corrected chi connectivity index (χ0v) is 12.6. The Morgan fingerprint density at radius 2 is 2.00 bits per heavy atom. The van der Waals surface area contributed by atoms with E-state index in [9.17, 15) is 9.59 Å². The van der Waals surface area contributed by atoms with Gasteiger partial charge in [0, 0.05) is 10.6 Å². The van der Waals surface area contributed by atoms with Crippen LogP contribution in [0.5, 0.6) is 0 Å². The topological polar surface area (TPSA) is 70.6 Å². The maximum atomic E-state index is 12.1. The number of thiol groups is 1. The van der Waals surface area contributed by atoms with E-state index in [2.05, 4.69) is 28.3 Å². The van der Waals surface area contributed by atoms with E-state index in [4.69, 9.17) is 0 Å². The van der Waals surface area contributed by atoms with Gasteiger partial charge in [0.25, 0.3) is 0 Å². The normalized spacial score (nSPS) is 10.4. The summed E-state index contributed by atoms with van der Waals surface area (Å²) in [6.07, 6.45) is 2.00. The van der Waals surface area contributed by atoms with Gasteiger partial charge in [0.2, 0.25) is 12.3 Å². The van der Waals surface area contributed by atoms with E-state index in [1.165, 1.54) is 6.34 Å². The summed E-state index contributed by atoms with van der Waals surface area (Å²) in [6.45, 7) is 0. The van der Waals surface area contributed by atoms with Crippen molar-refractivity contribution in [2.75, 3.05) is 5.32 Å². The number of nitrogens with zero attached hydrogens (tertiary/aromatic N) is 1. The molecule has 0 heterocycles. The molecule has 0 aliphatic carbocycles. The molecule has 0 aliphatic rings. The molecule has 0 saturated heterocycles. The Morgan fingerprint density at radius 3 is 2.77 bits per heavy atom. The second-order valence-corrected chi connectivity index (χ2v) is 4.96. The fourth-order valence-electron chi connectivity index (χ4n) is 1.89. The van der Waals surface area contributed by atoms with Crippen LogP contribution < -0.4 is 10.6 Å². The van der Waals surface area contributed by atoms with Crippen molar-refractivity contribution in [3.05, 3.63) is 54.1 Å². The lowest BCUT2D eigenvalue weighted by Crippen LogP contribution is -2.14. The van der Waals surface area contributed by atoms with Gasteiger partial charge in [-0.2, -0.15) is 0 Å². The summed E-state index contributed by atoms with van der Waals surface area (Å²) in [7, 11) is 0. The largest absolute Gasteiger partial charge is 0.326 e. The molecule has 22 heavy (non-hydrogen) atoms. The van der Waals surface area contributed by atoms with Crippen molar-refractivity contribution < 1.29 is 9.59 Å². The molecule has 2 N–H and O–H groups in total. The Morgan fingerprint density at radius 1 is 1.18 bits per heavy atom. The average Bonchev–Trinajstić information content (AvgIpc) is 2.49. The molecule has 0 saturated carbocycles. The van der Waals surface area contributed by atoms with E-state index >= 15 is 0 Å². The number of hydrogen-bond acceptors (Lipinski definition) is 4. The Kier molecular flexibility index (Phi) is 5.73. The summed E-state index contributed by atoms with van der Waals surface area (Å²) < 4.78 is 0. The molecule has 2 aromatic rings. The Labute approximate surface area is 133 Å². The highest BCUT2D eigenvalue weighted by molar-refractivity contribution is 7.80. The zero-order chi connectivity index (χ0) is 15.8. The molecule has 0 aliphatic heterocycles. The Hall–Kier alpha value is -2.60. The minimum atomic E-state index is -0.148. The van der Waals surface area contributed by atoms with Crippen molar-refractivity contribution in [2.45, 2.75) is 11.3 Å². The number of benzene rings is 2. The van der Waals surface area contributed by atoms with Crippen LogP contribution in [0.25, 0.3) is 0 Å². The van der Waals surface area contributed by atoms with Gasteiger partial charge < -0.3 is 10.6 Å².